The number of benzene rings is 1. The minimum absolute atomic E-state index is 0.171. The minimum Gasteiger partial charge on any atom is -0.496 e. The highest BCUT2D eigenvalue weighted by Gasteiger charge is 2.50. The zero-order valence-corrected chi connectivity index (χ0v) is 14.0. The largest absolute Gasteiger partial charge is 0.496 e. The van der Waals surface area contributed by atoms with E-state index in [4.69, 9.17) is 15.2 Å². The highest BCUT2D eigenvalue weighted by Crippen LogP contribution is 2.46. The van der Waals surface area contributed by atoms with E-state index in [2.05, 4.69) is 13.8 Å². The third-order valence-corrected chi connectivity index (χ3v) is 4.69. The molecule has 1 fully saturated rings. The lowest BCUT2D eigenvalue weighted by molar-refractivity contribution is -0.151. The molecule has 0 bridgehead atoms. The van der Waals surface area contributed by atoms with Gasteiger partial charge >= 0.3 is 5.97 Å². The molecular formula is C18H27NO3. The van der Waals surface area contributed by atoms with Gasteiger partial charge in [-0.25, -0.2) is 4.79 Å². The van der Waals surface area contributed by atoms with Crippen LogP contribution < -0.4 is 10.5 Å². The molecule has 0 aliphatic heterocycles. The smallest absolute Gasteiger partial charge is 0.331 e. The second-order valence-corrected chi connectivity index (χ2v) is 6.13. The standard InChI is InChI=1S/C18H27NO3/c1-5-12(3)15-11-14(9-10-16(15)21-4)18(19,13-7-8-13)17(20)22-6-2/h9-13H,5-8,19H2,1-4H3. The van der Waals surface area contributed by atoms with Crippen LogP contribution in [0.2, 0.25) is 0 Å². The summed E-state index contributed by atoms with van der Waals surface area (Å²) < 4.78 is 10.7. The van der Waals surface area contributed by atoms with Gasteiger partial charge in [0, 0.05) is 0 Å². The van der Waals surface area contributed by atoms with E-state index in [0.717, 1.165) is 36.1 Å². The van der Waals surface area contributed by atoms with Crippen LogP contribution in [0.4, 0.5) is 0 Å². The van der Waals surface area contributed by atoms with Crippen molar-refractivity contribution in [1.29, 1.82) is 0 Å². The molecule has 1 aliphatic carbocycles. The van der Waals surface area contributed by atoms with E-state index in [1.807, 2.05) is 25.1 Å². The van der Waals surface area contributed by atoms with Crippen molar-refractivity contribution in [3.8, 4) is 5.75 Å². The Labute approximate surface area is 133 Å². The fourth-order valence-corrected chi connectivity index (χ4v) is 2.91. The molecule has 2 unspecified atom stereocenters. The molecular weight excluding hydrogens is 278 g/mol. The number of carbonyl (C=O) groups is 1. The van der Waals surface area contributed by atoms with Crippen LogP contribution in [-0.4, -0.2) is 19.7 Å². The van der Waals surface area contributed by atoms with Crippen molar-refractivity contribution in [3.63, 3.8) is 0 Å². The fraction of sp³-hybridized carbons (Fsp3) is 0.611. The SMILES string of the molecule is CCOC(=O)C(N)(c1ccc(OC)c(C(C)CC)c1)C1CC1. The van der Waals surface area contributed by atoms with E-state index in [-0.39, 0.29) is 11.9 Å². The molecule has 0 amide bonds. The van der Waals surface area contributed by atoms with Crippen molar-refractivity contribution in [3.05, 3.63) is 29.3 Å². The molecule has 2 atom stereocenters. The fourth-order valence-electron chi connectivity index (χ4n) is 2.91. The third kappa shape index (κ3) is 2.98. The van der Waals surface area contributed by atoms with Crippen LogP contribution in [0.15, 0.2) is 18.2 Å². The summed E-state index contributed by atoms with van der Waals surface area (Å²) in [7, 11) is 1.67. The average Bonchev–Trinajstić information content (AvgIpc) is 3.38. The minimum atomic E-state index is -1.04. The normalized spacial score (nSPS) is 18.4. The monoisotopic (exact) mass is 305 g/mol. The van der Waals surface area contributed by atoms with Gasteiger partial charge < -0.3 is 15.2 Å². The van der Waals surface area contributed by atoms with Gasteiger partial charge in [0.2, 0.25) is 0 Å². The summed E-state index contributed by atoms with van der Waals surface area (Å²) >= 11 is 0. The van der Waals surface area contributed by atoms with Gasteiger partial charge in [0.1, 0.15) is 11.3 Å². The molecule has 4 nitrogen and oxygen atoms in total. The molecule has 1 aliphatic rings. The number of hydrogen-bond acceptors (Lipinski definition) is 4. The Hall–Kier alpha value is -1.55. The molecule has 1 aromatic carbocycles. The topological polar surface area (TPSA) is 61.5 Å². The quantitative estimate of drug-likeness (QED) is 0.785. The third-order valence-electron chi connectivity index (χ3n) is 4.69. The Bertz CT molecular complexity index is 539. The first-order valence-corrected chi connectivity index (χ1v) is 8.13. The van der Waals surface area contributed by atoms with Gasteiger partial charge in [-0.05, 0) is 61.3 Å². The predicted octanol–water partition coefficient (Wildman–Crippen LogP) is 3.34. The summed E-state index contributed by atoms with van der Waals surface area (Å²) in [5, 5.41) is 0. The molecule has 1 aromatic rings. The van der Waals surface area contributed by atoms with Crippen LogP contribution in [0.25, 0.3) is 0 Å². The van der Waals surface area contributed by atoms with Crippen LogP contribution in [0.3, 0.4) is 0 Å². The Balaban J connectivity index is 2.46. The maximum absolute atomic E-state index is 12.5. The van der Waals surface area contributed by atoms with Gasteiger partial charge in [0.25, 0.3) is 0 Å². The summed E-state index contributed by atoms with van der Waals surface area (Å²) in [6.07, 6.45) is 2.94. The van der Waals surface area contributed by atoms with Gasteiger partial charge in [-0.15, -0.1) is 0 Å². The van der Waals surface area contributed by atoms with Gasteiger partial charge in [-0.1, -0.05) is 19.9 Å². The first-order valence-electron chi connectivity index (χ1n) is 8.13. The summed E-state index contributed by atoms with van der Waals surface area (Å²) in [6.45, 7) is 6.45. The van der Waals surface area contributed by atoms with Crippen molar-refractivity contribution in [2.24, 2.45) is 11.7 Å². The van der Waals surface area contributed by atoms with Gasteiger partial charge in [0.15, 0.2) is 0 Å². The number of ether oxygens (including phenoxy) is 2. The molecule has 2 rings (SSSR count). The van der Waals surface area contributed by atoms with Crippen molar-refractivity contribution in [2.45, 2.75) is 51.5 Å². The Morgan fingerprint density at radius 1 is 1.41 bits per heavy atom. The first kappa shape index (κ1) is 16.8. The number of nitrogens with two attached hydrogens (primary N) is 1. The predicted molar refractivity (Wildman–Crippen MR) is 86.9 cm³/mol. The lowest BCUT2D eigenvalue weighted by Crippen LogP contribution is -2.48. The average molecular weight is 305 g/mol. The van der Waals surface area contributed by atoms with E-state index in [1.165, 1.54) is 0 Å². The number of esters is 1. The van der Waals surface area contributed by atoms with Crippen molar-refractivity contribution >= 4 is 5.97 Å². The van der Waals surface area contributed by atoms with Crippen LogP contribution in [0, 0.1) is 5.92 Å². The maximum Gasteiger partial charge on any atom is 0.331 e. The summed E-state index contributed by atoms with van der Waals surface area (Å²) in [5.41, 5.74) is 7.44. The molecule has 0 radical (unpaired) electrons. The highest BCUT2D eigenvalue weighted by atomic mass is 16.5. The number of hydrogen-bond donors (Lipinski definition) is 1. The molecule has 122 valence electrons. The molecule has 4 heteroatoms. The molecule has 1 saturated carbocycles. The molecule has 2 N–H and O–H groups in total. The van der Waals surface area contributed by atoms with E-state index in [9.17, 15) is 4.79 Å². The lowest BCUT2D eigenvalue weighted by Gasteiger charge is -2.29. The number of rotatable bonds is 7. The molecule has 0 aromatic heterocycles. The zero-order valence-electron chi connectivity index (χ0n) is 14.0. The van der Waals surface area contributed by atoms with Crippen LogP contribution >= 0.6 is 0 Å². The number of carbonyl (C=O) groups excluding carboxylic acids is 1. The lowest BCUT2D eigenvalue weighted by atomic mass is 9.83. The summed E-state index contributed by atoms with van der Waals surface area (Å²) in [6, 6.07) is 5.85. The summed E-state index contributed by atoms with van der Waals surface area (Å²) in [5.74, 6) is 1.04. The van der Waals surface area contributed by atoms with Crippen molar-refractivity contribution in [2.75, 3.05) is 13.7 Å². The molecule has 22 heavy (non-hydrogen) atoms. The van der Waals surface area contributed by atoms with Crippen LogP contribution in [0.5, 0.6) is 5.75 Å². The second kappa shape index (κ2) is 6.69. The van der Waals surface area contributed by atoms with Gasteiger partial charge in [-0.2, -0.15) is 0 Å². The Morgan fingerprint density at radius 2 is 2.09 bits per heavy atom. The zero-order chi connectivity index (χ0) is 16.3. The van der Waals surface area contributed by atoms with Gasteiger partial charge in [0.05, 0.1) is 13.7 Å². The van der Waals surface area contributed by atoms with E-state index >= 15 is 0 Å². The van der Waals surface area contributed by atoms with Crippen LogP contribution in [-0.2, 0) is 15.1 Å². The van der Waals surface area contributed by atoms with E-state index in [1.54, 1.807) is 7.11 Å². The van der Waals surface area contributed by atoms with Crippen LogP contribution in [0.1, 0.15) is 57.1 Å². The van der Waals surface area contributed by atoms with Gasteiger partial charge in [-0.3, -0.25) is 0 Å². The van der Waals surface area contributed by atoms with Crippen molar-refractivity contribution < 1.29 is 14.3 Å². The molecule has 0 saturated heterocycles. The molecule has 0 spiro atoms. The van der Waals surface area contributed by atoms with E-state index < -0.39 is 5.54 Å². The highest BCUT2D eigenvalue weighted by molar-refractivity contribution is 5.83. The number of methoxy groups -OCH3 is 1. The molecule has 0 heterocycles. The van der Waals surface area contributed by atoms with Crippen molar-refractivity contribution in [1.82, 2.24) is 0 Å². The maximum atomic E-state index is 12.5. The Morgan fingerprint density at radius 3 is 2.59 bits per heavy atom. The second-order valence-electron chi connectivity index (χ2n) is 6.13. The Kier molecular flexibility index (Phi) is 5.12. The van der Waals surface area contributed by atoms with E-state index in [0.29, 0.717) is 12.5 Å². The first-order chi connectivity index (χ1) is 10.5. The summed E-state index contributed by atoms with van der Waals surface area (Å²) in [4.78, 5) is 12.5.